The van der Waals surface area contributed by atoms with Crippen molar-refractivity contribution in [1.82, 2.24) is 47.0 Å². The van der Waals surface area contributed by atoms with Crippen LogP contribution >= 0.6 is 11.6 Å². The molecule has 0 aliphatic carbocycles. The molecule has 0 amide bonds. The number of aromatic amines is 2. The summed E-state index contributed by atoms with van der Waals surface area (Å²) in [5, 5.41) is 21.0. The van der Waals surface area contributed by atoms with Crippen molar-refractivity contribution < 1.29 is 16.8 Å². The van der Waals surface area contributed by atoms with Crippen LogP contribution in [0.2, 0.25) is 5.15 Å². The molecule has 19 heteroatoms. The van der Waals surface area contributed by atoms with Crippen LogP contribution in [0.3, 0.4) is 0 Å². The van der Waals surface area contributed by atoms with E-state index >= 15 is 0 Å². The first-order chi connectivity index (χ1) is 25.9. The van der Waals surface area contributed by atoms with Gasteiger partial charge in [0.2, 0.25) is 10.0 Å². The van der Waals surface area contributed by atoms with Crippen LogP contribution in [0, 0.1) is 22.7 Å². The van der Waals surface area contributed by atoms with Gasteiger partial charge in [-0.25, -0.2) is 23.4 Å². The number of H-pyrrole nitrogens is 2. The zero-order valence-electron chi connectivity index (χ0n) is 29.1. The molecule has 9 rings (SSSR count). The van der Waals surface area contributed by atoms with Gasteiger partial charge in [-0.1, -0.05) is 11.6 Å². The molecule has 6 aromatic heterocycles. The fraction of sp³-hybridized carbons (Fsp3) is 0.343. The van der Waals surface area contributed by atoms with E-state index in [1.54, 1.807) is 30.0 Å². The van der Waals surface area contributed by atoms with Crippen LogP contribution in [-0.4, -0.2) is 109 Å². The van der Waals surface area contributed by atoms with Crippen LogP contribution < -0.4 is 0 Å². The minimum absolute atomic E-state index is 0.0344. The molecule has 3 aliphatic heterocycles. The molecule has 3 fully saturated rings. The molecule has 0 spiro atoms. The number of nitrogens with one attached hydrogen (secondary N) is 2. The lowest BCUT2D eigenvalue weighted by molar-refractivity contribution is 0.0818. The SMILES string of the molecule is CCS(=O)(=O)N1CC(CC#N)(n2cc(-c3ncnc4[nH]ccc34)cc2Cl)C1.N#CCC1(n2ccc(-c3ccnc4[nH]ccc34)c2)CN(S(=O)(=O)N2CC2)C1. The standard InChI is InChI=1S/C18H18N6O2S.C17H17ClN6O2S/c19-5-4-18(12-24(13-18)27(25,26)23-9-10-23)22-8-3-14(11-22)15-1-6-20-17-16(15)2-7-21-17;1-2-27(25,26)23-9-17(10-23,4-5-19)24-8-12(7-14(24)18)15-13-3-6-20-16(13)22-11-21-15/h1-3,6-8,11H,4,9-10,12-13H2,(H,20,21);3,6-8,11H,2,4,9-10H2,1H3,(H,20,21,22). The van der Waals surface area contributed by atoms with Crippen molar-refractivity contribution in [3.05, 3.63) is 79.0 Å². The third kappa shape index (κ3) is 6.05. The number of aromatic nitrogens is 7. The Morgan fingerprint density at radius 1 is 0.815 bits per heavy atom. The van der Waals surface area contributed by atoms with Crippen molar-refractivity contribution in [2.45, 2.75) is 30.8 Å². The van der Waals surface area contributed by atoms with Gasteiger partial charge in [-0.2, -0.15) is 31.9 Å². The second kappa shape index (κ2) is 13.3. The Morgan fingerprint density at radius 3 is 2.17 bits per heavy atom. The molecular formula is C35H35ClN12O4S2. The van der Waals surface area contributed by atoms with Crippen molar-refractivity contribution >= 4 is 53.9 Å². The summed E-state index contributed by atoms with van der Waals surface area (Å²) in [5.41, 5.74) is 3.96. The Labute approximate surface area is 316 Å². The normalized spacial score (nSPS) is 18.3. The van der Waals surface area contributed by atoms with Crippen LogP contribution in [0.15, 0.2) is 73.8 Å². The van der Waals surface area contributed by atoms with E-state index in [-0.39, 0.29) is 31.7 Å². The number of nitriles is 2. The first-order valence-corrected chi connectivity index (χ1v) is 20.6. The molecule has 9 heterocycles. The fourth-order valence-corrected chi connectivity index (χ4v) is 10.6. The topological polar surface area (TPSA) is 205 Å². The molecule has 2 N–H and O–H groups in total. The van der Waals surface area contributed by atoms with Crippen LogP contribution in [0.1, 0.15) is 19.8 Å². The highest BCUT2D eigenvalue weighted by atomic mass is 35.5. The number of nitrogens with zero attached hydrogens (tertiary/aromatic N) is 10. The van der Waals surface area contributed by atoms with Crippen molar-refractivity contribution in [3.8, 4) is 34.5 Å². The Bertz CT molecular complexity index is 2690. The van der Waals surface area contributed by atoms with Gasteiger partial charge in [-0.15, -0.1) is 0 Å². The lowest BCUT2D eigenvalue weighted by atomic mass is 9.89. The van der Waals surface area contributed by atoms with Gasteiger partial charge in [0.25, 0.3) is 10.2 Å². The number of fused-ring (bicyclic) bond motifs is 2. The molecule has 0 aromatic carbocycles. The summed E-state index contributed by atoms with van der Waals surface area (Å²) in [6, 6.07) is 14.0. The smallest absolute Gasteiger partial charge is 0.282 e. The Kier molecular flexibility index (Phi) is 8.88. The molecule has 3 saturated heterocycles. The van der Waals surface area contributed by atoms with Gasteiger partial charge in [0.05, 0.1) is 47.5 Å². The Balaban J connectivity index is 0.000000153. The van der Waals surface area contributed by atoms with E-state index in [1.807, 2.05) is 53.6 Å². The van der Waals surface area contributed by atoms with Crippen LogP contribution in [0.4, 0.5) is 0 Å². The number of hydrogen-bond acceptors (Lipinski definition) is 9. The summed E-state index contributed by atoms with van der Waals surface area (Å²) in [6.45, 7) is 3.89. The second-order valence-corrected chi connectivity index (χ2v) is 18.3. The van der Waals surface area contributed by atoms with Crippen molar-refractivity contribution in [2.24, 2.45) is 0 Å². The monoisotopic (exact) mass is 786 g/mol. The fourth-order valence-electron chi connectivity index (χ4n) is 7.30. The average molecular weight is 787 g/mol. The van der Waals surface area contributed by atoms with Gasteiger partial charge >= 0.3 is 0 Å². The van der Waals surface area contributed by atoms with Gasteiger partial charge < -0.3 is 19.1 Å². The van der Waals surface area contributed by atoms with Crippen LogP contribution in [-0.2, 0) is 31.3 Å². The first kappa shape index (κ1) is 35.9. The van der Waals surface area contributed by atoms with Gasteiger partial charge in [0, 0.05) is 98.3 Å². The summed E-state index contributed by atoms with van der Waals surface area (Å²) >= 11 is 6.48. The van der Waals surface area contributed by atoms with Crippen LogP contribution in [0.5, 0.6) is 0 Å². The molecular weight excluding hydrogens is 752 g/mol. The zero-order chi connectivity index (χ0) is 37.9. The van der Waals surface area contributed by atoms with Crippen molar-refractivity contribution in [3.63, 3.8) is 0 Å². The molecule has 6 aromatic rings. The summed E-state index contributed by atoms with van der Waals surface area (Å²) in [7, 11) is -6.66. The van der Waals surface area contributed by atoms with E-state index in [2.05, 4.69) is 37.1 Å². The zero-order valence-corrected chi connectivity index (χ0v) is 31.5. The number of hydrogen-bond donors (Lipinski definition) is 2. The Hall–Kier alpha value is -5.08. The lowest BCUT2D eigenvalue weighted by Crippen LogP contribution is -2.64. The summed E-state index contributed by atoms with van der Waals surface area (Å²) in [6.07, 6.45) is 13.1. The molecule has 0 saturated carbocycles. The summed E-state index contributed by atoms with van der Waals surface area (Å²) < 4.78 is 57.1. The second-order valence-electron chi connectivity index (χ2n) is 13.8. The van der Waals surface area contributed by atoms with Gasteiger partial charge in [-0.05, 0) is 42.8 Å². The minimum Gasteiger partial charge on any atom is -0.346 e. The van der Waals surface area contributed by atoms with Gasteiger partial charge in [-0.3, -0.25) is 0 Å². The highest BCUT2D eigenvalue weighted by Crippen LogP contribution is 2.41. The summed E-state index contributed by atoms with van der Waals surface area (Å²) in [4.78, 5) is 19.0. The first-order valence-electron chi connectivity index (χ1n) is 17.2. The molecule has 278 valence electrons. The van der Waals surface area contributed by atoms with Gasteiger partial charge in [0.1, 0.15) is 22.8 Å². The molecule has 3 aliphatic rings. The molecule has 0 atom stereocenters. The lowest BCUT2D eigenvalue weighted by Gasteiger charge is -2.49. The number of sulfonamides is 1. The van der Waals surface area contributed by atoms with E-state index in [1.165, 1.54) is 19.2 Å². The summed E-state index contributed by atoms with van der Waals surface area (Å²) in [5.74, 6) is 0.0344. The number of halogens is 1. The van der Waals surface area contributed by atoms with E-state index in [9.17, 15) is 27.4 Å². The Morgan fingerprint density at radius 2 is 1.48 bits per heavy atom. The highest BCUT2D eigenvalue weighted by molar-refractivity contribution is 7.89. The molecule has 54 heavy (non-hydrogen) atoms. The number of rotatable bonds is 10. The molecule has 0 radical (unpaired) electrons. The van der Waals surface area contributed by atoms with E-state index < -0.39 is 31.3 Å². The molecule has 0 bridgehead atoms. The molecule has 16 nitrogen and oxygen atoms in total. The maximum absolute atomic E-state index is 12.4. The predicted octanol–water partition coefficient (Wildman–Crippen LogP) is 3.87. The molecule has 0 unspecified atom stereocenters. The largest absolute Gasteiger partial charge is 0.346 e. The van der Waals surface area contributed by atoms with Gasteiger partial charge in [0.15, 0.2) is 0 Å². The maximum Gasteiger partial charge on any atom is 0.282 e. The quantitative estimate of drug-likeness (QED) is 0.193. The van der Waals surface area contributed by atoms with E-state index in [4.69, 9.17) is 11.6 Å². The van der Waals surface area contributed by atoms with E-state index in [0.717, 1.165) is 44.5 Å². The maximum atomic E-state index is 12.4. The van der Waals surface area contributed by atoms with Crippen molar-refractivity contribution in [1.29, 1.82) is 10.5 Å². The predicted molar refractivity (Wildman–Crippen MR) is 201 cm³/mol. The van der Waals surface area contributed by atoms with E-state index in [0.29, 0.717) is 31.3 Å². The van der Waals surface area contributed by atoms with Crippen LogP contribution in [0.25, 0.3) is 44.5 Å². The third-order valence-corrected chi connectivity index (χ3v) is 14.4. The average Bonchev–Trinajstić information content (AvgIpc) is 3.49. The third-order valence-electron chi connectivity index (χ3n) is 10.4. The minimum atomic E-state index is -3.36. The number of pyridine rings is 1. The van der Waals surface area contributed by atoms with Crippen molar-refractivity contribution in [2.75, 3.05) is 45.0 Å². The highest BCUT2D eigenvalue weighted by Gasteiger charge is 2.53.